The Labute approximate surface area is 160 Å². The number of halogens is 3. The molecule has 2 aromatic rings. The fourth-order valence-corrected chi connectivity index (χ4v) is 3.64. The lowest BCUT2D eigenvalue weighted by molar-refractivity contribution is -0.122. The van der Waals surface area contributed by atoms with Gasteiger partial charge in [-0.1, -0.05) is 46.9 Å². The van der Waals surface area contributed by atoms with Crippen molar-refractivity contribution in [3.63, 3.8) is 0 Å². The molecule has 0 aliphatic heterocycles. The van der Waals surface area contributed by atoms with Crippen LogP contribution in [0.15, 0.2) is 42.5 Å². The number of rotatable bonds is 8. The molecule has 2 rings (SSSR count). The second-order valence-electron chi connectivity index (χ2n) is 4.85. The van der Waals surface area contributed by atoms with Crippen molar-refractivity contribution >= 4 is 52.5 Å². The molecule has 0 heterocycles. The highest BCUT2D eigenvalue weighted by Crippen LogP contribution is 2.27. The number of benzene rings is 2. The topological polar surface area (TPSA) is 38.3 Å². The lowest BCUT2D eigenvalue weighted by atomic mass is 10.2. The molecule has 0 saturated heterocycles. The van der Waals surface area contributed by atoms with Gasteiger partial charge in [0, 0.05) is 33.1 Å². The monoisotopic (exact) mass is 403 g/mol. The van der Waals surface area contributed by atoms with E-state index in [1.807, 2.05) is 18.2 Å². The van der Waals surface area contributed by atoms with E-state index >= 15 is 0 Å². The Morgan fingerprint density at radius 3 is 2.50 bits per heavy atom. The predicted molar refractivity (Wildman–Crippen MR) is 103 cm³/mol. The fraction of sp³-hybridized carbons (Fsp3) is 0.235. The number of nitrogens with one attached hydrogen (secondary N) is 1. The highest BCUT2D eigenvalue weighted by atomic mass is 35.5. The zero-order valence-electron chi connectivity index (χ0n) is 12.7. The van der Waals surface area contributed by atoms with E-state index in [-0.39, 0.29) is 12.5 Å². The Hall–Kier alpha value is -1.07. The van der Waals surface area contributed by atoms with Gasteiger partial charge in [0.1, 0.15) is 5.75 Å². The van der Waals surface area contributed by atoms with E-state index in [2.05, 4.69) is 5.32 Å². The molecular weight excluding hydrogens is 389 g/mol. The van der Waals surface area contributed by atoms with Gasteiger partial charge in [-0.15, -0.1) is 0 Å². The van der Waals surface area contributed by atoms with Crippen LogP contribution in [0, 0.1) is 0 Å². The molecule has 0 atom stereocenters. The van der Waals surface area contributed by atoms with Crippen LogP contribution in [-0.4, -0.2) is 24.8 Å². The van der Waals surface area contributed by atoms with Crippen LogP contribution in [0.5, 0.6) is 5.75 Å². The first-order valence-electron chi connectivity index (χ1n) is 7.22. The Morgan fingerprint density at radius 1 is 1.08 bits per heavy atom. The van der Waals surface area contributed by atoms with Gasteiger partial charge in [-0.05, 0) is 35.9 Å². The molecule has 0 aromatic heterocycles. The fourth-order valence-electron chi connectivity index (χ4n) is 1.86. The number of hydrogen-bond donors (Lipinski definition) is 1. The highest BCUT2D eigenvalue weighted by molar-refractivity contribution is 7.98. The van der Waals surface area contributed by atoms with E-state index in [9.17, 15) is 4.79 Å². The second kappa shape index (κ2) is 10.0. The molecule has 128 valence electrons. The minimum atomic E-state index is -0.175. The Morgan fingerprint density at radius 2 is 1.79 bits per heavy atom. The molecule has 1 N–H and O–H groups in total. The molecule has 3 nitrogen and oxygen atoms in total. The molecule has 0 spiro atoms. The van der Waals surface area contributed by atoms with Gasteiger partial charge >= 0.3 is 0 Å². The first kappa shape index (κ1) is 19.3. The number of carbonyl (C=O) groups excluding carboxylic acids is 1. The molecule has 7 heteroatoms. The van der Waals surface area contributed by atoms with Crippen LogP contribution >= 0.6 is 46.6 Å². The zero-order chi connectivity index (χ0) is 17.4. The maximum atomic E-state index is 11.7. The molecule has 0 saturated carbocycles. The number of hydrogen-bond acceptors (Lipinski definition) is 3. The molecule has 0 aliphatic rings. The maximum absolute atomic E-state index is 11.7. The lowest BCUT2D eigenvalue weighted by Crippen LogP contribution is -2.30. The summed E-state index contributed by atoms with van der Waals surface area (Å²) in [6.45, 7) is 0.506. The van der Waals surface area contributed by atoms with Gasteiger partial charge in [0.15, 0.2) is 6.61 Å². The summed E-state index contributed by atoms with van der Waals surface area (Å²) in [5, 5.41) is 4.69. The Balaban J connectivity index is 1.63. The van der Waals surface area contributed by atoms with E-state index in [0.29, 0.717) is 33.1 Å². The number of thioether (sulfide) groups is 1. The van der Waals surface area contributed by atoms with E-state index in [4.69, 9.17) is 39.5 Å². The molecule has 0 aliphatic carbocycles. The molecular formula is C17H16Cl3NO2S. The Bertz CT molecular complexity index is 677. The molecule has 0 unspecified atom stereocenters. The third-order valence-corrected chi connectivity index (χ3v) is 4.97. The van der Waals surface area contributed by atoms with Gasteiger partial charge < -0.3 is 10.1 Å². The first-order valence-corrected chi connectivity index (χ1v) is 9.51. The average molecular weight is 405 g/mol. The lowest BCUT2D eigenvalue weighted by Gasteiger charge is -2.09. The summed E-state index contributed by atoms with van der Waals surface area (Å²) in [4.78, 5) is 11.7. The molecule has 2 aromatic carbocycles. The summed E-state index contributed by atoms with van der Waals surface area (Å²) in [6.07, 6.45) is 0. The van der Waals surface area contributed by atoms with Crippen LogP contribution in [0.4, 0.5) is 0 Å². The minimum absolute atomic E-state index is 0.0403. The number of carbonyl (C=O) groups is 1. The van der Waals surface area contributed by atoms with Crippen LogP contribution in [-0.2, 0) is 10.5 Å². The number of ether oxygens (including phenoxy) is 1. The van der Waals surface area contributed by atoms with Crippen LogP contribution < -0.4 is 10.1 Å². The van der Waals surface area contributed by atoms with Crippen molar-refractivity contribution in [1.82, 2.24) is 5.32 Å². The highest BCUT2D eigenvalue weighted by Gasteiger charge is 2.06. The van der Waals surface area contributed by atoms with Gasteiger partial charge in [-0.25, -0.2) is 0 Å². The summed E-state index contributed by atoms with van der Waals surface area (Å²) < 4.78 is 5.37. The van der Waals surface area contributed by atoms with Crippen molar-refractivity contribution in [3.8, 4) is 5.75 Å². The van der Waals surface area contributed by atoms with E-state index in [1.54, 1.807) is 36.0 Å². The van der Waals surface area contributed by atoms with Crippen LogP contribution in [0.1, 0.15) is 5.56 Å². The summed E-state index contributed by atoms with van der Waals surface area (Å²) in [7, 11) is 0. The summed E-state index contributed by atoms with van der Waals surface area (Å²) >= 11 is 19.7. The van der Waals surface area contributed by atoms with Crippen molar-refractivity contribution in [3.05, 3.63) is 63.1 Å². The largest absolute Gasteiger partial charge is 0.484 e. The predicted octanol–water partition coefficient (Wildman–Crippen LogP) is 5.08. The minimum Gasteiger partial charge on any atom is -0.484 e. The normalized spacial score (nSPS) is 10.5. The van der Waals surface area contributed by atoms with Crippen molar-refractivity contribution in [2.24, 2.45) is 0 Å². The van der Waals surface area contributed by atoms with Crippen LogP contribution in [0.2, 0.25) is 15.1 Å². The van der Waals surface area contributed by atoms with E-state index in [1.165, 1.54) is 0 Å². The van der Waals surface area contributed by atoms with E-state index < -0.39 is 0 Å². The molecule has 24 heavy (non-hydrogen) atoms. The van der Waals surface area contributed by atoms with Crippen LogP contribution in [0.25, 0.3) is 0 Å². The standard InChI is InChI=1S/C17H16Cl3NO2S/c18-12-3-1-4-13(9-12)23-10-17(22)21-7-8-24-11-14-15(19)5-2-6-16(14)20/h1-6,9H,7-8,10-11H2,(H,21,22). The molecule has 1 amide bonds. The average Bonchev–Trinajstić information content (AvgIpc) is 2.55. The van der Waals surface area contributed by atoms with Crippen molar-refractivity contribution < 1.29 is 9.53 Å². The van der Waals surface area contributed by atoms with Crippen molar-refractivity contribution in [2.75, 3.05) is 18.9 Å². The van der Waals surface area contributed by atoms with E-state index in [0.717, 1.165) is 11.3 Å². The van der Waals surface area contributed by atoms with Crippen molar-refractivity contribution in [1.29, 1.82) is 0 Å². The zero-order valence-corrected chi connectivity index (χ0v) is 15.8. The molecule has 0 bridgehead atoms. The third-order valence-electron chi connectivity index (χ3n) is 3.04. The summed E-state index contributed by atoms with van der Waals surface area (Å²) in [5.41, 5.74) is 0.918. The van der Waals surface area contributed by atoms with Gasteiger partial charge in [0.05, 0.1) is 0 Å². The van der Waals surface area contributed by atoms with Crippen molar-refractivity contribution in [2.45, 2.75) is 5.75 Å². The molecule has 0 radical (unpaired) electrons. The summed E-state index contributed by atoms with van der Waals surface area (Å²) in [6, 6.07) is 12.4. The maximum Gasteiger partial charge on any atom is 0.257 e. The second-order valence-corrected chi connectivity index (χ2v) is 7.20. The quantitative estimate of drug-likeness (QED) is 0.624. The smallest absolute Gasteiger partial charge is 0.257 e. The molecule has 0 fully saturated rings. The summed E-state index contributed by atoms with van der Waals surface area (Å²) in [5.74, 6) is 1.85. The van der Waals surface area contributed by atoms with Gasteiger partial charge in [-0.2, -0.15) is 11.8 Å². The first-order chi connectivity index (χ1) is 11.6. The Kier molecular flexibility index (Phi) is 8.06. The third kappa shape index (κ3) is 6.44. The SMILES string of the molecule is O=C(COc1cccc(Cl)c1)NCCSCc1c(Cl)cccc1Cl. The van der Waals surface area contributed by atoms with Gasteiger partial charge in [-0.3, -0.25) is 4.79 Å². The van der Waals surface area contributed by atoms with Gasteiger partial charge in [0.25, 0.3) is 5.91 Å². The van der Waals surface area contributed by atoms with Gasteiger partial charge in [0.2, 0.25) is 0 Å². The number of amides is 1. The van der Waals surface area contributed by atoms with Crippen LogP contribution in [0.3, 0.4) is 0 Å².